The minimum atomic E-state index is 0.205. The summed E-state index contributed by atoms with van der Waals surface area (Å²) in [7, 11) is 0. The lowest BCUT2D eigenvalue weighted by molar-refractivity contribution is 0.116. The monoisotopic (exact) mass is 268 g/mol. The maximum atomic E-state index is 9.21. The molecule has 18 heavy (non-hydrogen) atoms. The van der Waals surface area contributed by atoms with Crippen molar-refractivity contribution in [2.75, 3.05) is 13.2 Å². The quantitative estimate of drug-likeness (QED) is 0.835. The number of hydrogen-bond acceptors (Lipinski definition) is 3. The Kier molecular flexibility index (Phi) is 5.42. The first-order valence-electron chi connectivity index (χ1n) is 6.76. The summed E-state index contributed by atoms with van der Waals surface area (Å²) in [6, 6.07) is 6.32. The zero-order valence-corrected chi connectivity index (χ0v) is 11.4. The summed E-state index contributed by atoms with van der Waals surface area (Å²) in [5, 5.41) is 9.75. The van der Waals surface area contributed by atoms with Crippen LogP contribution >= 0.6 is 11.6 Å². The van der Waals surface area contributed by atoms with E-state index in [9.17, 15) is 5.11 Å². The van der Waals surface area contributed by atoms with E-state index in [4.69, 9.17) is 11.6 Å². The number of aliphatic hydroxyl groups excluding tert-OH is 1. The fourth-order valence-electron chi connectivity index (χ4n) is 2.71. The lowest BCUT2D eigenvalue weighted by atomic mass is 9.94. The van der Waals surface area contributed by atoms with Crippen molar-refractivity contribution in [1.29, 1.82) is 0 Å². The molecule has 1 aliphatic rings. The van der Waals surface area contributed by atoms with Gasteiger partial charge in [0.2, 0.25) is 0 Å². The van der Waals surface area contributed by atoms with Gasteiger partial charge in [-0.2, -0.15) is 0 Å². The highest BCUT2D eigenvalue weighted by atomic mass is 35.5. The first-order chi connectivity index (χ1) is 8.79. The molecule has 0 aliphatic heterocycles. The second-order valence-electron chi connectivity index (χ2n) is 4.94. The van der Waals surface area contributed by atoms with Gasteiger partial charge in [0.05, 0.1) is 12.3 Å². The first kappa shape index (κ1) is 13.8. The molecule has 0 saturated heterocycles. The van der Waals surface area contributed by atoms with Crippen LogP contribution in [0.3, 0.4) is 0 Å². The third-order valence-electron chi connectivity index (χ3n) is 3.62. The van der Waals surface area contributed by atoms with E-state index in [1.165, 1.54) is 32.1 Å². The standard InChI is InChI=1S/C14H21ClN2O/c15-14-8-4-5-12(16-14)11-17(9-10-18)13-6-2-1-3-7-13/h4-5,8,13,18H,1-3,6-7,9-11H2. The van der Waals surface area contributed by atoms with Crippen molar-refractivity contribution in [2.24, 2.45) is 0 Å². The highest BCUT2D eigenvalue weighted by Crippen LogP contribution is 2.23. The molecular weight excluding hydrogens is 248 g/mol. The zero-order chi connectivity index (χ0) is 12.8. The second-order valence-corrected chi connectivity index (χ2v) is 5.32. The summed E-state index contributed by atoms with van der Waals surface area (Å²) in [5.41, 5.74) is 0.988. The van der Waals surface area contributed by atoms with Crippen molar-refractivity contribution in [3.8, 4) is 0 Å². The van der Waals surface area contributed by atoms with Crippen LogP contribution < -0.4 is 0 Å². The highest BCUT2D eigenvalue weighted by Gasteiger charge is 2.21. The van der Waals surface area contributed by atoms with Crippen LogP contribution in [-0.2, 0) is 6.54 Å². The number of pyridine rings is 1. The van der Waals surface area contributed by atoms with Crippen LogP contribution in [-0.4, -0.2) is 34.2 Å². The molecule has 100 valence electrons. The molecule has 1 heterocycles. The van der Waals surface area contributed by atoms with E-state index in [0.717, 1.165) is 18.8 Å². The predicted molar refractivity (Wildman–Crippen MR) is 73.6 cm³/mol. The first-order valence-corrected chi connectivity index (χ1v) is 7.14. The maximum absolute atomic E-state index is 9.21. The van der Waals surface area contributed by atoms with E-state index in [-0.39, 0.29) is 6.61 Å². The Morgan fingerprint density at radius 3 is 2.72 bits per heavy atom. The molecule has 2 rings (SSSR count). The fourth-order valence-corrected chi connectivity index (χ4v) is 2.89. The molecule has 1 saturated carbocycles. The molecule has 0 atom stereocenters. The summed E-state index contributed by atoms with van der Waals surface area (Å²) in [4.78, 5) is 6.68. The van der Waals surface area contributed by atoms with Gasteiger partial charge >= 0.3 is 0 Å². The van der Waals surface area contributed by atoms with Gasteiger partial charge in [0, 0.05) is 19.1 Å². The third kappa shape index (κ3) is 3.94. The van der Waals surface area contributed by atoms with Gasteiger partial charge < -0.3 is 5.11 Å². The second kappa shape index (κ2) is 7.07. The van der Waals surface area contributed by atoms with Crippen molar-refractivity contribution < 1.29 is 5.11 Å². The lowest BCUT2D eigenvalue weighted by Gasteiger charge is -2.33. The van der Waals surface area contributed by atoms with Crippen molar-refractivity contribution in [1.82, 2.24) is 9.88 Å². The third-order valence-corrected chi connectivity index (χ3v) is 3.83. The number of nitrogens with zero attached hydrogens (tertiary/aromatic N) is 2. The van der Waals surface area contributed by atoms with Gasteiger partial charge in [-0.25, -0.2) is 4.98 Å². The molecule has 1 aliphatic carbocycles. The SMILES string of the molecule is OCCN(Cc1cccc(Cl)n1)C1CCCCC1. The molecule has 0 bridgehead atoms. The molecular formula is C14H21ClN2O. The molecule has 0 spiro atoms. The van der Waals surface area contributed by atoms with Crippen molar-refractivity contribution in [2.45, 2.75) is 44.7 Å². The molecule has 1 fully saturated rings. The van der Waals surface area contributed by atoms with Crippen LogP contribution in [0.25, 0.3) is 0 Å². The van der Waals surface area contributed by atoms with Gasteiger partial charge in [0.1, 0.15) is 5.15 Å². The molecule has 0 unspecified atom stereocenters. The van der Waals surface area contributed by atoms with Gasteiger partial charge in [-0.1, -0.05) is 36.9 Å². The summed E-state index contributed by atoms with van der Waals surface area (Å²) in [5.74, 6) is 0. The van der Waals surface area contributed by atoms with E-state index in [1.54, 1.807) is 6.07 Å². The Hall–Kier alpha value is -0.640. The summed E-state index contributed by atoms with van der Waals surface area (Å²) in [6.07, 6.45) is 6.42. The average molecular weight is 269 g/mol. The van der Waals surface area contributed by atoms with Crippen LogP contribution in [0.4, 0.5) is 0 Å². The van der Waals surface area contributed by atoms with Crippen LogP contribution in [0, 0.1) is 0 Å². The number of halogens is 1. The van der Waals surface area contributed by atoms with Gasteiger partial charge in [-0.15, -0.1) is 0 Å². The maximum Gasteiger partial charge on any atom is 0.129 e. The van der Waals surface area contributed by atoms with Crippen LogP contribution in [0.15, 0.2) is 18.2 Å². The smallest absolute Gasteiger partial charge is 0.129 e. The molecule has 0 radical (unpaired) electrons. The molecule has 0 aromatic carbocycles. The zero-order valence-electron chi connectivity index (χ0n) is 10.7. The lowest BCUT2D eigenvalue weighted by Crippen LogP contribution is -2.38. The molecule has 0 amide bonds. The minimum absolute atomic E-state index is 0.205. The molecule has 3 nitrogen and oxygen atoms in total. The summed E-state index contributed by atoms with van der Waals surface area (Å²) in [6.45, 7) is 1.71. The summed E-state index contributed by atoms with van der Waals surface area (Å²) >= 11 is 5.91. The van der Waals surface area contributed by atoms with Crippen molar-refractivity contribution in [3.63, 3.8) is 0 Å². The van der Waals surface area contributed by atoms with Crippen molar-refractivity contribution >= 4 is 11.6 Å². The number of aromatic nitrogens is 1. The number of rotatable bonds is 5. The number of aliphatic hydroxyl groups is 1. The van der Waals surface area contributed by atoms with E-state index >= 15 is 0 Å². The van der Waals surface area contributed by atoms with E-state index < -0.39 is 0 Å². The molecule has 1 N–H and O–H groups in total. The highest BCUT2D eigenvalue weighted by molar-refractivity contribution is 6.29. The predicted octanol–water partition coefficient (Wildman–Crippen LogP) is 2.86. The average Bonchev–Trinajstić information content (AvgIpc) is 2.39. The Bertz CT molecular complexity index is 367. The Morgan fingerprint density at radius 1 is 1.28 bits per heavy atom. The summed E-state index contributed by atoms with van der Waals surface area (Å²) < 4.78 is 0. The van der Waals surface area contributed by atoms with E-state index in [2.05, 4.69) is 9.88 Å². The van der Waals surface area contributed by atoms with Gasteiger partial charge in [0.25, 0.3) is 0 Å². The Labute approximate surface area is 114 Å². The normalized spacial score (nSPS) is 17.3. The van der Waals surface area contributed by atoms with Gasteiger partial charge in [-0.3, -0.25) is 4.90 Å². The number of hydrogen-bond donors (Lipinski definition) is 1. The molecule has 4 heteroatoms. The Balaban J connectivity index is 2.00. The fraction of sp³-hybridized carbons (Fsp3) is 0.643. The Morgan fingerprint density at radius 2 is 2.06 bits per heavy atom. The molecule has 1 aromatic rings. The van der Waals surface area contributed by atoms with Crippen LogP contribution in [0.1, 0.15) is 37.8 Å². The van der Waals surface area contributed by atoms with Crippen molar-refractivity contribution in [3.05, 3.63) is 29.0 Å². The van der Waals surface area contributed by atoms with E-state index in [1.807, 2.05) is 12.1 Å². The minimum Gasteiger partial charge on any atom is -0.395 e. The molecule has 1 aromatic heterocycles. The van der Waals surface area contributed by atoms with Crippen LogP contribution in [0.5, 0.6) is 0 Å². The largest absolute Gasteiger partial charge is 0.395 e. The topological polar surface area (TPSA) is 36.4 Å². The van der Waals surface area contributed by atoms with Gasteiger partial charge in [-0.05, 0) is 25.0 Å². The van der Waals surface area contributed by atoms with E-state index in [0.29, 0.717) is 11.2 Å². The van der Waals surface area contributed by atoms with Crippen LogP contribution in [0.2, 0.25) is 5.15 Å². The van der Waals surface area contributed by atoms with Gasteiger partial charge in [0.15, 0.2) is 0 Å².